The van der Waals surface area contributed by atoms with Crippen LogP contribution in [0.15, 0.2) is 0 Å². The van der Waals surface area contributed by atoms with Gasteiger partial charge in [0.25, 0.3) is 0 Å². The molecule has 0 aliphatic rings. The molecule has 5 heteroatoms. The van der Waals surface area contributed by atoms with Crippen LogP contribution < -0.4 is 5.32 Å². The molecule has 0 spiro atoms. The van der Waals surface area contributed by atoms with Crippen LogP contribution in [0.1, 0.15) is 20.3 Å². The molecule has 0 rings (SSSR count). The number of hydrogen-bond donors (Lipinski definition) is 2. The lowest BCUT2D eigenvalue weighted by Crippen LogP contribution is -2.36. The van der Waals surface area contributed by atoms with Gasteiger partial charge in [0, 0.05) is 39.2 Å². The highest BCUT2D eigenvalue weighted by Gasteiger charge is 2.08. The summed E-state index contributed by atoms with van der Waals surface area (Å²) < 4.78 is 4.97. The van der Waals surface area contributed by atoms with Crippen LogP contribution in [0.4, 0.5) is 0 Å². The second kappa shape index (κ2) is 9.57. The first-order valence-corrected chi connectivity index (χ1v) is 5.71. The predicted octanol–water partition coefficient (Wildman–Crippen LogP) is -0.158. The van der Waals surface area contributed by atoms with E-state index in [1.54, 1.807) is 7.11 Å². The molecule has 0 aromatic rings. The molecule has 0 bridgehead atoms. The van der Waals surface area contributed by atoms with Crippen LogP contribution in [0.3, 0.4) is 0 Å². The number of carbonyl (C=O) groups excluding carboxylic acids is 1. The third-order valence-electron chi connectivity index (χ3n) is 2.13. The second-order valence-electron chi connectivity index (χ2n) is 4.03. The standard InChI is InChI=1S/C11H24N2O3/c1-10(2)12-11(15)4-5-13(6-8-14)7-9-16-3/h10,14H,4-9H2,1-3H3,(H,12,15). The van der Waals surface area contributed by atoms with Gasteiger partial charge in [0.2, 0.25) is 5.91 Å². The maximum Gasteiger partial charge on any atom is 0.221 e. The first-order chi connectivity index (χ1) is 7.60. The van der Waals surface area contributed by atoms with Crippen LogP contribution in [0.25, 0.3) is 0 Å². The van der Waals surface area contributed by atoms with E-state index in [0.29, 0.717) is 26.1 Å². The van der Waals surface area contributed by atoms with Crippen molar-refractivity contribution in [2.24, 2.45) is 0 Å². The smallest absolute Gasteiger partial charge is 0.221 e. The molecule has 96 valence electrons. The highest BCUT2D eigenvalue weighted by atomic mass is 16.5. The van der Waals surface area contributed by atoms with Crippen molar-refractivity contribution in [1.29, 1.82) is 0 Å². The van der Waals surface area contributed by atoms with Crippen molar-refractivity contribution in [2.45, 2.75) is 26.3 Å². The van der Waals surface area contributed by atoms with Crippen LogP contribution in [0, 0.1) is 0 Å². The molecule has 1 amide bonds. The molecule has 2 N–H and O–H groups in total. The molecule has 0 aromatic carbocycles. The van der Waals surface area contributed by atoms with Gasteiger partial charge in [0.15, 0.2) is 0 Å². The van der Waals surface area contributed by atoms with Crippen molar-refractivity contribution in [3.05, 3.63) is 0 Å². The number of amides is 1. The molecule has 0 radical (unpaired) electrons. The summed E-state index contributed by atoms with van der Waals surface area (Å²) in [6.45, 7) is 6.58. The Kier molecular flexibility index (Phi) is 9.18. The van der Waals surface area contributed by atoms with Crippen molar-refractivity contribution >= 4 is 5.91 Å². The fraction of sp³-hybridized carbons (Fsp3) is 0.909. The Labute approximate surface area is 97.8 Å². The van der Waals surface area contributed by atoms with Gasteiger partial charge < -0.3 is 15.2 Å². The molecule has 0 unspecified atom stereocenters. The number of nitrogens with zero attached hydrogens (tertiary/aromatic N) is 1. The number of nitrogens with one attached hydrogen (secondary N) is 1. The van der Waals surface area contributed by atoms with Gasteiger partial charge in [-0.25, -0.2) is 0 Å². The summed E-state index contributed by atoms with van der Waals surface area (Å²) in [6.07, 6.45) is 0.460. The largest absolute Gasteiger partial charge is 0.395 e. The van der Waals surface area contributed by atoms with Crippen LogP contribution >= 0.6 is 0 Å². The zero-order chi connectivity index (χ0) is 12.4. The van der Waals surface area contributed by atoms with Gasteiger partial charge in [-0.15, -0.1) is 0 Å². The maximum absolute atomic E-state index is 11.4. The Bertz CT molecular complexity index is 186. The summed E-state index contributed by atoms with van der Waals surface area (Å²) >= 11 is 0. The molecule has 5 nitrogen and oxygen atoms in total. The average molecular weight is 232 g/mol. The zero-order valence-electron chi connectivity index (χ0n) is 10.5. The Morgan fingerprint density at radius 2 is 2.06 bits per heavy atom. The molecular weight excluding hydrogens is 208 g/mol. The van der Waals surface area contributed by atoms with Gasteiger partial charge in [-0.3, -0.25) is 9.69 Å². The van der Waals surface area contributed by atoms with Crippen molar-refractivity contribution in [2.75, 3.05) is 40.0 Å². The Hall–Kier alpha value is -0.650. The zero-order valence-corrected chi connectivity index (χ0v) is 10.5. The molecule has 0 saturated carbocycles. The molecule has 0 saturated heterocycles. The topological polar surface area (TPSA) is 61.8 Å². The third kappa shape index (κ3) is 8.64. The SMILES string of the molecule is COCCN(CCO)CCC(=O)NC(C)C. The first kappa shape index (κ1) is 15.3. The van der Waals surface area contributed by atoms with E-state index in [9.17, 15) is 4.79 Å². The fourth-order valence-electron chi connectivity index (χ4n) is 1.35. The average Bonchev–Trinajstić information content (AvgIpc) is 2.21. The van der Waals surface area contributed by atoms with Gasteiger partial charge in [-0.05, 0) is 13.8 Å². The summed E-state index contributed by atoms with van der Waals surface area (Å²) in [5.74, 6) is 0.0513. The fourth-order valence-corrected chi connectivity index (χ4v) is 1.35. The molecule has 0 heterocycles. The van der Waals surface area contributed by atoms with Gasteiger partial charge in [0.1, 0.15) is 0 Å². The predicted molar refractivity (Wildman–Crippen MR) is 63.3 cm³/mol. The normalized spacial score (nSPS) is 11.1. The van der Waals surface area contributed by atoms with E-state index in [4.69, 9.17) is 9.84 Å². The molecule has 0 aliphatic carbocycles. The van der Waals surface area contributed by atoms with Crippen molar-refractivity contribution < 1.29 is 14.6 Å². The second-order valence-corrected chi connectivity index (χ2v) is 4.03. The number of aliphatic hydroxyl groups is 1. The summed E-state index contributed by atoms with van der Waals surface area (Å²) in [7, 11) is 1.64. The number of rotatable bonds is 9. The van der Waals surface area contributed by atoms with Crippen LogP contribution in [-0.4, -0.2) is 61.9 Å². The van der Waals surface area contributed by atoms with Crippen LogP contribution in [-0.2, 0) is 9.53 Å². The van der Waals surface area contributed by atoms with E-state index in [2.05, 4.69) is 5.32 Å². The molecule has 0 atom stereocenters. The number of hydrogen-bond acceptors (Lipinski definition) is 4. The molecule has 0 fully saturated rings. The monoisotopic (exact) mass is 232 g/mol. The van der Waals surface area contributed by atoms with E-state index >= 15 is 0 Å². The Morgan fingerprint density at radius 1 is 1.38 bits per heavy atom. The molecule has 0 aliphatic heterocycles. The molecular formula is C11H24N2O3. The quantitative estimate of drug-likeness (QED) is 0.580. The maximum atomic E-state index is 11.4. The first-order valence-electron chi connectivity index (χ1n) is 5.71. The highest BCUT2D eigenvalue weighted by Crippen LogP contribution is 1.92. The Morgan fingerprint density at radius 3 is 2.56 bits per heavy atom. The van der Waals surface area contributed by atoms with Crippen LogP contribution in [0.5, 0.6) is 0 Å². The lowest BCUT2D eigenvalue weighted by Gasteiger charge is -2.20. The summed E-state index contributed by atoms with van der Waals surface area (Å²) in [5, 5.41) is 11.7. The number of methoxy groups -OCH3 is 1. The number of aliphatic hydroxyl groups excluding tert-OH is 1. The van der Waals surface area contributed by atoms with E-state index < -0.39 is 0 Å². The summed E-state index contributed by atoms with van der Waals surface area (Å²) in [6, 6.07) is 0.178. The van der Waals surface area contributed by atoms with E-state index in [-0.39, 0.29) is 18.6 Å². The van der Waals surface area contributed by atoms with Gasteiger partial charge in [-0.2, -0.15) is 0 Å². The van der Waals surface area contributed by atoms with E-state index in [0.717, 1.165) is 6.54 Å². The summed E-state index contributed by atoms with van der Waals surface area (Å²) in [5.41, 5.74) is 0. The number of carbonyl (C=O) groups is 1. The van der Waals surface area contributed by atoms with Gasteiger partial charge >= 0.3 is 0 Å². The summed E-state index contributed by atoms with van der Waals surface area (Å²) in [4.78, 5) is 13.4. The van der Waals surface area contributed by atoms with Crippen molar-refractivity contribution in [1.82, 2.24) is 10.2 Å². The highest BCUT2D eigenvalue weighted by molar-refractivity contribution is 5.76. The van der Waals surface area contributed by atoms with E-state index in [1.807, 2.05) is 18.7 Å². The minimum atomic E-state index is 0.0513. The molecule has 16 heavy (non-hydrogen) atoms. The minimum absolute atomic E-state index is 0.0513. The minimum Gasteiger partial charge on any atom is -0.395 e. The van der Waals surface area contributed by atoms with E-state index in [1.165, 1.54) is 0 Å². The van der Waals surface area contributed by atoms with Crippen molar-refractivity contribution in [3.8, 4) is 0 Å². The van der Waals surface area contributed by atoms with Gasteiger partial charge in [0.05, 0.1) is 13.2 Å². The lowest BCUT2D eigenvalue weighted by molar-refractivity contribution is -0.122. The number of ether oxygens (including phenoxy) is 1. The molecule has 0 aromatic heterocycles. The van der Waals surface area contributed by atoms with Gasteiger partial charge in [-0.1, -0.05) is 0 Å². The Balaban J connectivity index is 3.77. The third-order valence-corrected chi connectivity index (χ3v) is 2.13. The lowest BCUT2D eigenvalue weighted by atomic mass is 10.3. The van der Waals surface area contributed by atoms with Crippen LogP contribution in [0.2, 0.25) is 0 Å². The van der Waals surface area contributed by atoms with Crippen molar-refractivity contribution in [3.63, 3.8) is 0 Å².